The Morgan fingerprint density at radius 3 is 2.52 bits per heavy atom. The Labute approximate surface area is 123 Å². The first-order valence-electron chi connectivity index (χ1n) is 6.83. The molecule has 0 aromatic heterocycles. The summed E-state index contributed by atoms with van der Waals surface area (Å²) in [5.41, 5.74) is 9.73. The van der Waals surface area contributed by atoms with Crippen LogP contribution in [0.25, 0.3) is 5.70 Å². The number of aliphatic imine (C=N–C) groups is 1. The lowest BCUT2D eigenvalue weighted by atomic mass is 10.0. The van der Waals surface area contributed by atoms with E-state index in [0.29, 0.717) is 12.4 Å². The number of amidine groups is 1. The fourth-order valence-corrected chi connectivity index (χ4v) is 2.46. The van der Waals surface area contributed by atoms with Crippen molar-refractivity contribution in [2.24, 2.45) is 10.7 Å². The molecule has 2 aromatic rings. The number of rotatable bonds is 3. The van der Waals surface area contributed by atoms with E-state index in [1.54, 1.807) is 6.20 Å². The van der Waals surface area contributed by atoms with Crippen LogP contribution in [0, 0.1) is 0 Å². The van der Waals surface area contributed by atoms with Crippen LogP contribution < -0.4 is 10.6 Å². The first-order chi connectivity index (χ1) is 10.3. The molecule has 0 aliphatic carbocycles. The van der Waals surface area contributed by atoms with Gasteiger partial charge in [-0.3, -0.25) is 0 Å². The number of hydrogen-bond donors (Lipinski definition) is 2. The van der Waals surface area contributed by atoms with Crippen molar-refractivity contribution < 1.29 is 5.11 Å². The molecule has 0 bridgehead atoms. The van der Waals surface area contributed by atoms with E-state index < -0.39 is 0 Å². The van der Waals surface area contributed by atoms with Crippen LogP contribution in [-0.2, 0) is 6.61 Å². The van der Waals surface area contributed by atoms with Gasteiger partial charge in [0.15, 0.2) is 0 Å². The Bertz CT molecular complexity index is 692. The summed E-state index contributed by atoms with van der Waals surface area (Å²) < 4.78 is 0. The Morgan fingerprint density at radius 2 is 1.76 bits per heavy atom. The molecule has 21 heavy (non-hydrogen) atoms. The summed E-state index contributed by atoms with van der Waals surface area (Å²) in [6, 6.07) is 17.8. The molecule has 0 spiro atoms. The Kier molecular flexibility index (Phi) is 3.71. The highest BCUT2D eigenvalue weighted by atomic mass is 16.3. The molecule has 4 heteroatoms. The molecule has 1 aliphatic heterocycles. The molecule has 0 unspecified atom stereocenters. The maximum absolute atomic E-state index is 9.55. The monoisotopic (exact) mass is 279 g/mol. The molecular formula is C17H17N3O. The molecule has 0 amide bonds. The molecular weight excluding hydrogens is 262 g/mol. The van der Waals surface area contributed by atoms with E-state index in [-0.39, 0.29) is 6.61 Å². The summed E-state index contributed by atoms with van der Waals surface area (Å²) in [7, 11) is 0. The van der Waals surface area contributed by atoms with Gasteiger partial charge in [-0.2, -0.15) is 0 Å². The molecule has 4 nitrogen and oxygen atoms in total. The molecule has 0 atom stereocenters. The predicted octanol–water partition coefficient (Wildman–Crippen LogP) is 2.35. The lowest BCUT2D eigenvalue weighted by Crippen LogP contribution is -2.35. The SMILES string of the molecule is NC1=NC=C(c2ccccc2CO)N(c2ccccc2)C1. The highest BCUT2D eigenvalue weighted by molar-refractivity contribution is 5.95. The number of aliphatic hydroxyl groups excluding tert-OH is 1. The standard InChI is InChI=1S/C17H17N3O/c18-17-11-20(14-7-2-1-3-8-14)16(10-19-17)15-9-5-4-6-13(15)12-21/h1-10,21H,11-12H2,(H2,18,19). The van der Waals surface area contributed by atoms with Crippen LogP contribution in [0.15, 0.2) is 65.8 Å². The molecule has 0 radical (unpaired) electrons. The van der Waals surface area contributed by atoms with Gasteiger partial charge in [0.25, 0.3) is 0 Å². The second-order valence-corrected chi connectivity index (χ2v) is 4.87. The molecule has 0 saturated heterocycles. The minimum atomic E-state index is -0.00462. The first-order valence-corrected chi connectivity index (χ1v) is 6.83. The van der Waals surface area contributed by atoms with Crippen molar-refractivity contribution in [3.05, 3.63) is 71.9 Å². The molecule has 3 rings (SSSR count). The minimum absolute atomic E-state index is 0.00462. The summed E-state index contributed by atoms with van der Waals surface area (Å²) in [6.45, 7) is 0.533. The zero-order valence-electron chi connectivity index (χ0n) is 11.6. The van der Waals surface area contributed by atoms with E-state index in [1.807, 2.05) is 54.6 Å². The number of anilines is 1. The zero-order valence-corrected chi connectivity index (χ0v) is 11.6. The van der Waals surface area contributed by atoms with E-state index in [1.165, 1.54) is 0 Å². The minimum Gasteiger partial charge on any atom is -0.392 e. The molecule has 0 fully saturated rings. The summed E-state index contributed by atoms with van der Waals surface area (Å²) in [6.07, 6.45) is 1.76. The second-order valence-electron chi connectivity index (χ2n) is 4.87. The van der Waals surface area contributed by atoms with E-state index in [2.05, 4.69) is 9.89 Å². The van der Waals surface area contributed by atoms with Gasteiger partial charge in [-0.1, -0.05) is 42.5 Å². The summed E-state index contributed by atoms with van der Waals surface area (Å²) in [4.78, 5) is 6.36. The van der Waals surface area contributed by atoms with Crippen LogP contribution in [0.3, 0.4) is 0 Å². The average molecular weight is 279 g/mol. The van der Waals surface area contributed by atoms with Crippen LogP contribution in [0.2, 0.25) is 0 Å². The van der Waals surface area contributed by atoms with E-state index in [0.717, 1.165) is 22.5 Å². The lowest BCUT2D eigenvalue weighted by molar-refractivity contribution is 0.281. The molecule has 0 saturated carbocycles. The van der Waals surface area contributed by atoms with Gasteiger partial charge >= 0.3 is 0 Å². The Hall–Kier alpha value is -2.59. The van der Waals surface area contributed by atoms with Crippen molar-refractivity contribution in [3.8, 4) is 0 Å². The van der Waals surface area contributed by atoms with Gasteiger partial charge in [-0.15, -0.1) is 0 Å². The fourth-order valence-electron chi connectivity index (χ4n) is 2.46. The number of nitrogens with zero attached hydrogens (tertiary/aromatic N) is 2. The van der Waals surface area contributed by atoms with Crippen molar-refractivity contribution in [1.82, 2.24) is 0 Å². The Balaban J connectivity index is 2.09. The molecule has 2 aromatic carbocycles. The second kappa shape index (κ2) is 5.81. The molecule has 3 N–H and O–H groups in total. The van der Waals surface area contributed by atoms with Crippen molar-refractivity contribution in [1.29, 1.82) is 0 Å². The van der Waals surface area contributed by atoms with Gasteiger partial charge in [0, 0.05) is 11.3 Å². The van der Waals surface area contributed by atoms with E-state index >= 15 is 0 Å². The third-order valence-electron chi connectivity index (χ3n) is 3.50. The van der Waals surface area contributed by atoms with Gasteiger partial charge in [0.1, 0.15) is 5.84 Å². The smallest absolute Gasteiger partial charge is 0.119 e. The number of aliphatic hydroxyl groups is 1. The zero-order chi connectivity index (χ0) is 14.7. The normalized spacial score (nSPS) is 14.6. The maximum Gasteiger partial charge on any atom is 0.119 e. The summed E-state index contributed by atoms with van der Waals surface area (Å²) in [5.74, 6) is 0.573. The lowest BCUT2D eigenvalue weighted by Gasteiger charge is -2.30. The number of para-hydroxylation sites is 1. The Morgan fingerprint density at radius 1 is 1.05 bits per heavy atom. The highest BCUT2D eigenvalue weighted by Crippen LogP contribution is 2.29. The largest absolute Gasteiger partial charge is 0.392 e. The topological polar surface area (TPSA) is 61.9 Å². The maximum atomic E-state index is 9.55. The fraction of sp³-hybridized carbons (Fsp3) is 0.118. The third kappa shape index (κ3) is 2.66. The van der Waals surface area contributed by atoms with Gasteiger partial charge in [0.2, 0.25) is 0 Å². The van der Waals surface area contributed by atoms with E-state index in [9.17, 15) is 5.11 Å². The van der Waals surface area contributed by atoms with Crippen molar-refractivity contribution in [2.75, 3.05) is 11.4 Å². The molecule has 1 aliphatic rings. The summed E-state index contributed by atoms with van der Waals surface area (Å²) in [5, 5.41) is 9.55. The number of hydrogen-bond acceptors (Lipinski definition) is 4. The van der Waals surface area contributed by atoms with Gasteiger partial charge in [0.05, 0.1) is 25.0 Å². The van der Waals surface area contributed by atoms with Gasteiger partial charge < -0.3 is 15.7 Å². The van der Waals surface area contributed by atoms with Gasteiger partial charge in [-0.25, -0.2) is 4.99 Å². The number of nitrogens with two attached hydrogens (primary N) is 1. The predicted molar refractivity (Wildman–Crippen MR) is 85.8 cm³/mol. The van der Waals surface area contributed by atoms with Crippen LogP contribution in [-0.4, -0.2) is 17.5 Å². The van der Waals surface area contributed by atoms with E-state index in [4.69, 9.17) is 5.73 Å². The molecule has 106 valence electrons. The highest BCUT2D eigenvalue weighted by Gasteiger charge is 2.20. The quantitative estimate of drug-likeness (QED) is 0.906. The van der Waals surface area contributed by atoms with Crippen LogP contribution in [0.1, 0.15) is 11.1 Å². The summed E-state index contributed by atoms with van der Waals surface area (Å²) >= 11 is 0. The third-order valence-corrected chi connectivity index (χ3v) is 3.50. The van der Waals surface area contributed by atoms with Gasteiger partial charge in [-0.05, 0) is 17.7 Å². The molecule has 1 heterocycles. The van der Waals surface area contributed by atoms with Crippen LogP contribution >= 0.6 is 0 Å². The van der Waals surface area contributed by atoms with Crippen LogP contribution in [0.5, 0.6) is 0 Å². The van der Waals surface area contributed by atoms with Crippen LogP contribution in [0.4, 0.5) is 5.69 Å². The van der Waals surface area contributed by atoms with Crippen molar-refractivity contribution >= 4 is 17.2 Å². The van der Waals surface area contributed by atoms with Crippen molar-refractivity contribution in [2.45, 2.75) is 6.61 Å². The first kappa shape index (κ1) is 13.4. The van der Waals surface area contributed by atoms with Crippen molar-refractivity contribution in [3.63, 3.8) is 0 Å². The average Bonchev–Trinajstić information content (AvgIpc) is 2.55. The number of benzene rings is 2.